The number of nitrogens with one attached hydrogen (secondary N) is 1. The highest BCUT2D eigenvalue weighted by Crippen LogP contribution is 1.96. The van der Waals surface area contributed by atoms with Crippen molar-refractivity contribution in [3.05, 3.63) is 35.6 Å². The van der Waals surface area contributed by atoms with Gasteiger partial charge in [0.2, 0.25) is 0 Å². The summed E-state index contributed by atoms with van der Waals surface area (Å²) in [5.74, 6) is 0. The summed E-state index contributed by atoms with van der Waals surface area (Å²) in [5, 5.41) is 7.04. The summed E-state index contributed by atoms with van der Waals surface area (Å²) in [5.41, 5.74) is 7.02. The van der Waals surface area contributed by atoms with E-state index >= 15 is 0 Å². The van der Waals surface area contributed by atoms with Crippen LogP contribution in [0.2, 0.25) is 0 Å². The molecule has 0 radical (unpaired) electrons. The molecule has 3 heteroatoms. The van der Waals surface area contributed by atoms with Gasteiger partial charge >= 0.3 is 0 Å². The Morgan fingerprint density at radius 2 is 2.42 bits per heavy atom. The molecule has 3 nitrogen and oxygen atoms in total. The molecule has 0 amide bonds. The molecule has 1 aliphatic heterocycles. The van der Waals surface area contributed by atoms with Crippen molar-refractivity contribution in [1.29, 1.82) is 5.41 Å². The van der Waals surface area contributed by atoms with Gasteiger partial charge in [0.15, 0.2) is 0 Å². The van der Waals surface area contributed by atoms with Gasteiger partial charge in [-0.3, -0.25) is 4.99 Å². The fourth-order valence-electron chi connectivity index (χ4n) is 0.805. The summed E-state index contributed by atoms with van der Waals surface area (Å²) < 4.78 is 0. The van der Waals surface area contributed by atoms with E-state index in [0.29, 0.717) is 12.2 Å². The van der Waals surface area contributed by atoms with Crippen LogP contribution in [-0.4, -0.2) is 19.0 Å². The normalized spacial score (nSPS) is 21.3. The third-order valence-electron chi connectivity index (χ3n) is 1.42. The third-order valence-corrected chi connectivity index (χ3v) is 1.42. The minimum Gasteiger partial charge on any atom is -0.397 e. The lowest BCUT2D eigenvalue weighted by Gasteiger charge is -1.87. The van der Waals surface area contributed by atoms with Crippen molar-refractivity contribution in [1.82, 2.24) is 0 Å². The molecule has 1 aliphatic rings. The minimum atomic E-state index is 0.573. The molecule has 3 N–H and O–H groups in total. The van der Waals surface area contributed by atoms with Crippen LogP contribution >= 0.6 is 0 Å². The molecule has 0 aromatic carbocycles. The Hall–Kier alpha value is -1.64. The van der Waals surface area contributed by atoms with Crippen LogP contribution in [0.4, 0.5) is 0 Å². The minimum absolute atomic E-state index is 0.573. The van der Waals surface area contributed by atoms with Crippen LogP contribution in [0.3, 0.4) is 0 Å². The van der Waals surface area contributed by atoms with Crippen molar-refractivity contribution in [3.8, 4) is 0 Å². The number of aliphatic imine (C=N–C) groups is 1. The molecule has 12 heavy (non-hydrogen) atoms. The van der Waals surface area contributed by atoms with Crippen LogP contribution < -0.4 is 5.73 Å². The maximum absolute atomic E-state index is 7.04. The second-order valence-electron chi connectivity index (χ2n) is 2.37. The van der Waals surface area contributed by atoms with Crippen molar-refractivity contribution in [2.45, 2.75) is 0 Å². The third kappa shape index (κ3) is 2.54. The average Bonchev–Trinajstić information content (AvgIpc) is 2.17. The number of rotatable bonds is 1. The highest BCUT2D eigenvalue weighted by molar-refractivity contribution is 5.81. The van der Waals surface area contributed by atoms with Crippen molar-refractivity contribution in [3.63, 3.8) is 0 Å². The molecule has 0 aromatic rings. The first-order valence-corrected chi connectivity index (χ1v) is 3.67. The van der Waals surface area contributed by atoms with E-state index in [0.717, 1.165) is 5.57 Å². The Balaban J connectivity index is 2.86. The monoisotopic (exact) mass is 161 g/mol. The fraction of sp³-hybridized carbons (Fsp3) is 0.111. The molecule has 1 heterocycles. The van der Waals surface area contributed by atoms with Gasteiger partial charge in [0, 0.05) is 18.1 Å². The first kappa shape index (κ1) is 8.46. The summed E-state index contributed by atoms with van der Waals surface area (Å²) in [7, 11) is 0. The lowest BCUT2D eigenvalue weighted by molar-refractivity contribution is 1.24. The molecule has 0 aliphatic carbocycles. The van der Waals surface area contributed by atoms with Crippen molar-refractivity contribution in [2.75, 3.05) is 6.54 Å². The summed E-state index contributed by atoms with van der Waals surface area (Å²) in [6.07, 6.45) is 10.2. The van der Waals surface area contributed by atoms with E-state index in [1.807, 2.05) is 18.2 Å². The van der Waals surface area contributed by atoms with E-state index in [4.69, 9.17) is 11.1 Å². The molecule has 0 spiro atoms. The Morgan fingerprint density at radius 3 is 3.17 bits per heavy atom. The number of nitrogens with zero attached hydrogens (tertiary/aromatic N) is 1. The molecular weight excluding hydrogens is 150 g/mol. The van der Waals surface area contributed by atoms with E-state index in [2.05, 4.69) is 4.99 Å². The number of hydrogen-bond donors (Lipinski definition) is 2. The van der Waals surface area contributed by atoms with Gasteiger partial charge in [-0.1, -0.05) is 18.2 Å². The van der Waals surface area contributed by atoms with Gasteiger partial charge in [-0.25, -0.2) is 0 Å². The van der Waals surface area contributed by atoms with Gasteiger partial charge in [0.1, 0.15) is 0 Å². The number of hydrogen-bond acceptors (Lipinski definition) is 3. The van der Waals surface area contributed by atoms with Gasteiger partial charge in [-0.15, -0.1) is 0 Å². The van der Waals surface area contributed by atoms with Crippen molar-refractivity contribution < 1.29 is 0 Å². The fourth-order valence-corrected chi connectivity index (χ4v) is 0.805. The van der Waals surface area contributed by atoms with E-state index in [9.17, 15) is 0 Å². The average molecular weight is 161 g/mol. The first-order chi connectivity index (χ1) is 5.83. The number of allylic oxidation sites excluding steroid dienone is 5. The Labute approximate surface area is 71.5 Å². The second kappa shape index (κ2) is 4.28. The largest absolute Gasteiger partial charge is 0.397 e. The van der Waals surface area contributed by atoms with Gasteiger partial charge in [0.05, 0.1) is 6.54 Å². The molecule has 0 aromatic heterocycles. The van der Waals surface area contributed by atoms with Crippen LogP contribution in [0.25, 0.3) is 0 Å². The summed E-state index contributed by atoms with van der Waals surface area (Å²) in [6, 6.07) is 0. The molecule has 0 saturated heterocycles. The molecule has 0 bridgehead atoms. The predicted octanol–water partition coefficient (Wildman–Crippen LogP) is 1.05. The van der Waals surface area contributed by atoms with Crippen LogP contribution in [0.5, 0.6) is 0 Å². The predicted molar refractivity (Wildman–Crippen MR) is 51.6 cm³/mol. The second-order valence-corrected chi connectivity index (χ2v) is 2.37. The molecule has 0 unspecified atom stereocenters. The highest BCUT2D eigenvalue weighted by atomic mass is 14.7. The van der Waals surface area contributed by atoms with Crippen molar-refractivity contribution in [2.24, 2.45) is 10.7 Å². The maximum Gasteiger partial charge on any atom is 0.0580 e. The van der Waals surface area contributed by atoms with Crippen molar-refractivity contribution >= 4 is 12.4 Å². The molecular formula is C9H11N3. The molecule has 62 valence electrons. The number of nitrogens with two attached hydrogens (primary N) is 1. The van der Waals surface area contributed by atoms with E-state index in [-0.39, 0.29) is 0 Å². The summed E-state index contributed by atoms with van der Waals surface area (Å²) >= 11 is 0. The Morgan fingerprint density at radius 1 is 1.58 bits per heavy atom. The zero-order valence-electron chi connectivity index (χ0n) is 6.70. The Bertz CT molecular complexity index is 282. The highest BCUT2D eigenvalue weighted by Gasteiger charge is 1.87. The lowest BCUT2D eigenvalue weighted by atomic mass is 10.2. The molecule has 0 fully saturated rings. The zero-order valence-corrected chi connectivity index (χ0v) is 6.70. The first-order valence-electron chi connectivity index (χ1n) is 3.67. The summed E-state index contributed by atoms with van der Waals surface area (Å²) in [4.78, 5) is 4.03. The quantitative estimate of drug-likeness (QED) is 0.555. The topological polar surface area (TPSA) is 62.2 Å². The smallest absolute Gasteiger partial charge is 0.0580 e. The molecule has 0 atom stereocenters. The lowest BCUT2D eigenvalue weighted by Crippen LogP contribution is -1.97. The molecule has 1 rings (SSSR count). The van der Waals surface area contributed by atoms with Gasteiger partial charge < -0.3 is 11.1 Å². The van der Waals surface area contributed by atoms with E-state index in [1.54, 1.807) is 12.3 Å². The van der Waals surface area contributed by atoms with Gasteiger partial charge in [-0.2, -0.15) is 0 Å². The van der Waals surface area contributed by atoms with Crippen LogP contribution in [-0.2, 0) is 0 Å². The standard InChI is InChI=1S/C9H11N3/c10-6-8-2-1-3-9(11)7-12-5-4-8/h1-4,6-7,10H,5,11H2/b2-1?,8-4?,9-3+,10-6?,12-7?. The van der Waals surface area contributed by atoms with E-state index in [1.165, 1.54) is 6.21 Å². The van der Waals surface area contributed by atoms with Crippen LogP contribution in [0, 0.1) is 5.41 Å². The van der Waals surface area contributed by atoms with Crippen LogP contribution in [0.15, 0.2) is 40.6 Å². The Kier molecular flexibility index (Phi) is 3.02. The SMILES string of the molecule is N=CC1=CCN=C/C(N)=C\C=C1. The zero-order chi connectivity index (χ0) is 8.81. The molecule has 0 saturated carbocycles. The maximum atomic E-state index is 7.04. The van der Waals surface area contributed by atoms with Gasteiger partial charge in [0.25, 0.3) is 0 Å². The van der Waals surface area contributed by atoms with E-state index < -0.39 is 0 Å². The van der Waals surface area contributed by atoms with Crippen LogP contribution in [0.1, 0.15) is 0 Å². The summed E-state index contributed by atoms with van der Waals surface area (Å²) in [6.45, 7) is 0.573. The van der Waals surface area contributed by atoms with Gasteiger partial charge in [-0.05, 0) is 11.6 Å².